The van der Waals surface area contributed by atoms with Gasteiger partial charge in [0.2, 0.25) is 5.91 Å². The summed E-state index contributed by atoms with van der Waals surface area (Å²) in [6.45, 7) is 11.2. The molecule has 2 heterocycles. The van der Waals surface area contributed by atoms with Crippen LogP contribution < -0.4 is 5.32 Å². The maximum Gasteiger partial charge on any atom is 0.224 e. The minimum Gasteiger partial charge on any atom is -0.356 e. The van der Waals surface area contributed by atoms with E-state index in [1.165, 1.54) is 19.5 Å². The fraction of sp³-hybridized carbons (Fsp3) is 0.941. The highest BCUT2D eigenvalue weighted by Gasteiger charge is 2.24. The van der Waals surface area contributed by atoms with E-state index in [0.717, 1.165) is 57.3 Å². The third kappa shape index (κ3) is 5.59. The van der Waals surface area contributed by atoms with Gasteiger partial charge in [-0.3, -0.25) is 4.79 Å². The lowest BCUT2D eigenvalue weighted by atomic mass is 9.92. The Morgan fingerprint density at radius 2 is 1.90 bits per heavy atom. The Bertz CT molecular complexity index is 324. The van der Waals surface area contributed by atoms with Crippen LogP contribution in [0.5, 0.6) is 0 Å². The second-order valence-corrected chi connectivity index (χ2v) is 7.45. The van der Waals surface area contributed by atoms with Gasteiger partial charge < -0.3 is 15.1 Å². The molecule has 0 bridgehead atoms. The highest BCUT2D eigenvalue weighted by Crippen LogP contribution is 2.20. The second kappa shape index (κ2) is 8.14. The molecular formula is C17H33N3O. The number of hydrogen-bond acceptors (Lipinski definition) is 3. The molecule has 0 aliphatic carbocycles. The Hall–Kier alpha value is -0.610. The lowest BCUT2D eigenvalue weighted by molar-refractivity contribution is -0.126. The van der Waals surface area contributed by atoms with Crippen molar-refractivity contribution < 1.29 is 4.79 Å². The maximum absolute atomic E-state index is 12.1. The second-order valence-electron chi connectivity index (χ2n) is 7.45. The van der Waals surface area contributed by atoms with E-state index in [9.17, 15) is 4.79 Å². The van der Waals surface area contributed by atoms with E-state index < -0.39 is 0 Å². The molecule has 2 saturated heterocycles. The average Bonchev–Trinajstić information content (AvgIpc) is 2.42. The Balaban J connectivity index is 1.59. The smallest absolute Gasteiger partial charge is 0.224 e. The van der Waals surface area contributed by atoms with E-state index in [2.05, 4.69) is 36.0 Å². The minimum atomic E-state index is 0.207. The summed E-state index contributed by atoms with van der Waals surface area (Å²) in [5.74, 6) is 2.11. The first-order valence-corrected chi connectivity index (χ1v) is 8.73. The highest BCUT2D eigenvalue weighted by atomic mass is 16.1. The van der Waals surface area contributed by atoms with Gasteiger partial charge in [-0.05, 0) is 57.7 Å². The predicted octanol–water partition coefficient (Wildman–Crippen LogP) is 1.81. The van der Waals surface area contributed by atoms with Crippen LogP contribution in [-0.2, 0) is 4.79 Å². The first-order chi connectivity index (χ1) is 10.0. The van der Waals surface area contributed by atoms with Crippen molar-refractivity contribution in [2.24, 2.45) is 17.8 Å². The molecule has 0 saturated carbocycles. The van der Waals surface area contributed by atoms with Gasteiger partial charge in [-0.1, -0.05) is 13.8 Å². The van der Waals surface area contributed by atoms with Gasteiger partial charge in [-0.25, -0.2) is 0 Å². The van der Waals surface area contributed by atoms with Gasteiger partial charge in [0.05, 0.1) is 5.92 Å². The standard InChI is InChI=1S/C17H33N3O/c1-14-10-15(2)12-20(11-14)9-5-7-18-17(21)16-6-4-8-19(3)13-16/h14-16H,4-13H2,1-3H3,(H,18,21)/t14-,15-,16+/m1/s1. The number of nitrogens with zero attached hydrogens (tertiary/aromatic N) is 2. The third-order valence-corrected chi connectivity index (χ3v) is 4.89. The fourth-order valence-corrected chi connectivity index (χ4v) is 4.01. The number of amides is 1. The topological polar surface area (TPSA) is 35.6 Å². The monoisotopic (exact) mass is 295 g/mol. The highest BCUT2D eigenvalue weighted by molar-refractivity contribution is 5.78. The molecule has 4 heteroatoms. The molecule has 0 unspecified atom stereocenters. The summed E-state index contributed by atoms with van der Waals surface area (Å²) >= 11 is 0. The number of piperidine rings is 2. The lowest BCUT2D eigenvalue weighted by Gasteiger charge is -2.35. The first kappa shape index (κ1) is 16.8. The van der Waals surface area contributed by atoms with E-state index in [4.69, 9.17) is 0 Å². The summed E-state index contributed by atoms with van der Waals surface area (Å²) in [5, 5.41) is 3.14. The number of likely N-dealkylation sites (tertiary alicyclic amines) is 2. The van der Waals surface area contributed by atoms with Gasteiger partial charge in [-0.15, -0.1) is 0 Å². The van der Waals surface area contributed by atoms with Crippen LogP contribution in [0.1, 0.15) is 39.5 Å². The zero-order valence-corrected chi connectivity index (χ0v) is 14.1. The summed E-state index contributed by atoms with van der Waals surface area (Å²) < 4.78 is 0. The summed E-state index contributed by atoms with van der Waals surface area (Å²) in [7, 11) is 2.11. The largest absolute Gasteiger partial charge is 0.356 e. The van der Waals surface area contributed by atoms with E-state index in [-0.39, 0.29) is 11.8 Å². The Kier molecular flexibility index (Phi) is 6.49. The number of carbonyl (C=O) groups excluding carboxylic acids is 1. The maximum atomic E-state index is 12.1. The number of carbonyl (C=O) groups is 1. The van der Waals surface area contributed by atoms with Crippen molar-refractivity contribution in [2.75, 3.05) is 46.3 Å². The zero-order valence-electron chi connectivity index (χ0n) is 14.1. The number of nitrogens with one attached hydrogen (secondary N) is 1. The number of hydrogen-bond donors (Lipinski definition) is 1. The Morgan fingerprint density at radius 3 is 2.57 bits per heavy atom. The van der Waals surface area contributed by atoms with Crippen LogP contribution in [-0.4, -0.2) is 62.0 Å². The van der Waals surface area contributed by atoms with Gasteiger partial charge in [0.15, 0.2) is 0 Å². The quantitative estimate of drug-likeness (QED) is 0.786. The van der Waals surface area contributed by atoms with Crippen LogP contribution in [0.15, 0.2) is 0 Å². The predicted molar refractivity (Wildman–Crippen MR) is 87.2 cm³/mol. The van der Waals surface area contributed by atoms with Gasteiger partial charge in [0.1, 0.15) is 0 Å². The van der Waals surface area contributed by atoms with Crippen molar-refractivity contribution in [2.45, 2.75) is 39.5 Å². The normalized spacial score (nSPS) is 32.0. The molecule has 122 valence electrons. The molecule has 1 amide bonds. The summed E-state index contributed by atoms with van der Waals surface area (Å²) in [6.07, 6.45) is 4.64. The van der Waals surface area contributed by atoms with Crippen molar-refractivity contribution in [3.63, 3.8) is 0 Å². The van der Waals surface area contributed by atoms with Gasteiger partial charge >= 0.3 is 0 Å². The van der Waals surface area contributed by atoms with Crippen molar-refractivity contribution in [3.8, 4) is 0 Å². The van der Waals surface area contributed by atoms with Crippen molar-refractivity contribution in [3.05, 3.63) is 0 Å². The van der Waals surface area contributed by atoms with E-state index >= 15 is 0 Å². The summed E-state index contributed by atoms with van der Waals surface area (Å²) in [5.41, 5.74) is 0. The van der Waals surface area contributed by atoms with Crippen LogP contribution >= 0.6 is 0 Å². The Morgan fingerprint density at radius 1 is 1.19 bits per heavy atom. The van der Waals surface area contributed by atoms with E-state index in [0.29, 0.717) is 0 Å². The van der Waals surface area contributed by atoms with Gasteiger partial charge in [-0.2, -0.15) is 0 Å². The molecule has 21 heavy (non-hydrogen) atoms. The van der Waals surface area contributed by atoms with Gasteiger partial charge in [0, 0.05) is 26.2 Å². The van der Waals surface area contributed by atoms with Crippen molar-refractivity contribution in [1.29, 1.82) is 0 Å². The lowest BCUT2D eigenvalue weighted by Crippen LogP contribution is -2.43. The molecule has 4 nitrogen and oxygen atoms in total. The third-order valence-electron chi connectivity index (χ3n) is 4.89. The summed E-state index contributed by atoms with van der Waals surface area (Å²) in [4.78, 5) is 17.0. The molecule has 0 spiro atoms. The SMILES string of the molecule is C[C@@H]1C[C@@H](C)CN(CCCNC(=O)[C@H]2CCCN(C)C2)C1. The molecule has 3 atom stereocenters. The van der Waals surface area contributed by atoms with Crippen LogP contribution in [0.3, 0.4) is 0 Å². The molecule has 0 aromatic rings. The van der Waals surface area contributed by atoms with Crippen molar-refractivity contribution >= 4 is 5.91 Å². The average molecular weight is 295 g/mol. The van der Waals surface area contributed by atoms with Crippen LogP contribution in [0.25, 0.3) is 0 Å². The molecule has 2 fully saturated rings. The van der Waals surface area contributed by atoms with E-state index in [1.54, 1.807) is 0 Å². The fourth-order valence-electron chi connectivity index (χ4n) is 4.01. The first-order valence-electron chi connectivity index (χ1n) is 8.73. The number of rotatable bonds is 5. The molecule has 2 aliphatic heterocycles. The molecular weight excluding hydrogens is 262 g/mol. The van der Waals surface area contributed by atoms with Crippen LogP contribution in [0, 0.1) is 17.8 Å². The van der Waals surface area contributed by atoms with Crippen LogP contribution in [0.4, 0.5) is 0 Å². The molecule has 0 aromatic carbocycles. The van der Waals surface area contributed by atoms with Gasteiger partial charge in [0.25, 0.3) is 0 Å². The summed E-state index contributed by atoms with van der Waals surface area (Å²) in [6, 6.07) is 0. The zero-order chi connectivity index (χ0) is 15.2. The molecule has 0 radical (unpaired) electrons. The molecule has 1 N–H and O–H groups in total. The van der Waals surface area contributed by atoms with Crippen LogP contribution in [0.2, 0.25) is 0 Å². The molecule has 2 aliphatic rings. The molecule has 2 rings (SSSR count). The van der Waals surface area contributed by atoms with E-state index in [1.807, 2.05) is 0 Å². The Labute approximate surface area is 130 Å². The van der Waals surface area contributed by atoms with Crippen molar-refractivity contribution in [1.82, 2.24) is 15.1 Å². The molecule has 0 aromatic heterocycles. The minimum absolute atomic E-state index is 0.207.